The summed E-state index contributed by atoms with van der Waals surface area (Å²) in [5, 5.41) is 0. The molecule has 182 valence electrons. The molecule has 4 bridgehead atoms. The number of pyridine rings is 1. The first-order chi connectivity index (χ1) is 17.2. The number of aromatic nitrogens is 3. The van der Waals surface area contributed by atoms with E-state index in [2.05, 4.69) is 14.9 Å². The van der Waals surface area contributed by atoms with Gasteiger partial charge in [0.05, 0.1) is 16.6 Å². The van der Waals surface area contributed by atoms with Crippen LogP contribution in [-0.4, -0.2) is 37.6 Å². The summed E-state index contributed by atoms with van der Waals surface area (Å²) >= 11 is 0. The number of para-hydroxylation sites is 2. The van der Waals surface area contributed by atoms with E-state index in [-0.39, 0.29) is 22.9 Å². The van der Waals surface area contributed by atoms with Gasteiger partial charge in [0, 0.05) is 30.4 Å². The van der Waals surface area contributed by atoms with Crippen LogP contribution in [0.1, 0.15) is 70.3 Å². The van der Waals surface area contributed by atoms with Gasteiger partial charge in [-0.2, -0.15) is 0 Å². The molecular formula is C29H34N4O2. The average Bonchev–Trinajstić information content (AvgIpc) is 3.13. The molecule has 2 saturated carbocycles. The second-order valence-electron chi connectivity index (χ2n) is 11.5. The van der Waals surface area contributed by atoms with E-state index in [1.807, 2.05) is 28.8 Å². The number of hydrogen-bond acceptors (Lipinski definition) is 4. The summed E-state index contributed by atoms with van der Waals surface area (Å²) in [6, 6.07) is 13.4. The lowest BCUT2D eigenvalue weighted by Gasteiger charge is -2.49. The third-order valence-electron chi connectivity index (χ3n) is 9.52. The van der Waals surface area contributed by atoms with Gasteiger partial charge in [-0.3, -0.25) is 14.5 Å². The Morgan fingerprint density at radius 3 is 2.26 bits per heavy atom. The van der Waals surface area contributed by atoms with Crippen LogP contribution in [-0.2, 0) is 0 Å². The van der Waals surface area contributed by atoms with E-state index in [0.29, 0.717) is 17.6 Å². The SMILES string of the molecule is O=c1[nH]cccc1-c1nc2ccccc2n([C@@H]2C[C@H]3CC[C@@H](C2)N3[C@@H]2C[C@@H]3CCC[C@@H](C3)C2)c1=O. The van der Waals surface area contributed by atoms with E-state index in [4.69, 9.17) is 0 Å². The van der Waals surface area contributed by atoms with Crippen molar-refractivity contribution in [3.63, 3.8) is 0 Å². The zero-order valence-corrected chi connectivity index (χ0v) is 20.2. The zero-order valence-electron chi connectivity index (χ0n) is 20.2. The van der Waals surface area contributed by atoms with Crippen LogP contribution < -0.4 is 11.1 Å². The summed E-state index contributed by atoms with van der Waals surface area (Å²) in [6.45, 7) is 0. The van der Waals surface area contributed by atoms with Crippen molar-refractivity contribution in [1.82, 2.24) is 19.4 Å². The number of nitrogens with zero attached hydrogens (tertiary/aromatic N) is 3. The molecule has 35 heavy (non-hydrogen) atoms. The number of piperidine rings is 1. The van der Waals surface area contributed by atoms with Gasteiger partial charge in [-0.15, -0.1) is 0 Å². The second-order valence-corrected chi connectivity index (χ2v) is 11.5. The van der Waals surface area contributed by atoms with Crippen molar-refractivity contribution in [3.05, 3.63) is 63.3 Å². The Morgan fingerprint density at radius 1 is 0.771 bits per heavy atom. The fourth-order valence-corrected chi connectivity index (χ4v) is 8.23. The van der Waals surface area contributed by atoms with E-state index in [9.17, 15) is 9.59 Å². The van der Waals surface area contributed by atoms with Gasteiger partial charge in [0.2, 0.25) is 0 Å². The van der Waals surface area contributed by atoms with Crippen LogP contribution in [0.25, 0.3) is 22.3 Å². The minimum absolute atomic E-state index is 0.134. The van der Waals surface area contributed by atoms with Crippen LogP contribution in [0.4, 0.5) is 0 Å². The lowest BCUT2D eigenvalue weighted by molar-refractivity contribution is 0.00791. The highest BCUT2D eigenvalue weighted by atomic mass is 16.1. The molecule has 7 rings (SSSR count). The van der Waals surface area contributed by atoms with Crippen molar-refractivity contribution in [3.8, 4) is 11.3 Å². The topological polar surface area (TPSA) is 71.0 Å². The quantitative estimate of drug-likeness (QED) is 0.592. The summed E-state index contributed by atoms with van der Waals surface area (Å²) in [5.74, 6) is 1.87. The smallest absolute Gasteiger partial charge is 0.278 e. The third kappa shape index (κ3) is 3.60. The summed E-state index contributed by atoms with van der Waals surface area (Å²) < 4.78 is 1.99. The Kier molecular flexibility index (Phi) is 5.19. The van der Waals surface area contributed by atoms with E-state index >= 15 is 0 Å². The Balaban J connectivity index is 1.26. The second kappa shape index (κ2) is 8.44. The predicted molar refractivity (Wildman–Crippen MR) is 137 cm³/mol. The van der Waals surface area contributed by atoms with Gasteiger partial charge >= 0.3 is 0 Å². The van der Waals surface area contributed by atoms with Crippen LogP contribution in [0.5, 0.6) is 0 Å². The van der Waals surface area contributed by atoms with Crippen LogP contribution in [0, 0.1) is 11.8 Å². The maximum absolute atomic E-state index is 13.9. The van der Waals surface area contributed by atoms with Crippen molar-refractivity contribution >= 4 is 11.0 Å². The largest absolute Gasteiger partial charge is 0.329 e. The van der Waals surface area contributed by atoms with Crippen molar-refractivity contribution in [1.29, 1.82) is 0 Å². The average molecular weight is 471 g/mol. The number of nitrogens with one attached hydrogen (secondary N) is 1. The van der Waals surface area contributed by atoms with Crippen LogP contribution in [0.2, 0.25) is 0 Å². The van der Waals surface area contributed by atoms with Gasteiger partial charge in [-0.25, -0.2) is 4.98 Å². The molecule has 1 N–H and O–H groups in total. The molecule has 2 aliphatic heterocycles. The Labute approximate surface area is 205 Å². The highest BCUT2D eigenvalue weighted by Crippen LogP contribution is 2.48. The number of benzene rings is 1. The van der Waals surface area contributed by atoms with E-state index in [1.54, 1.807) is 18.3 Å². The first-order valence-corrected chi connectivity index (χ1v) is 13.6. The molecule has 2 aromatic heterocycles. The van der Waals surface area contributed by atoms with Crippen LogP contribution in [0.3, 0.4) is 0 Å². The fraction of sp³-hybridized carbons (Fsp3) is 0.552. The molecule has 6 nitrogen and oxygen atoms in total. The number of fused-ring (bicyclic) bond motifs is 5. The normalized spacial score (nSPS) is 32.7. The molecular weight excluding hydrogens is 436 g/mol. The molecule has 4 fully saturated rings. The summed E-state index contributed by atoms with van der Waals surface area (Å²) in [5.41, 5.74) is 1.88. The van der Waals surface area contributed by atoms with Gasteiger partial charge in [0.1, 0.15) is 5.69 Å². The van der Waals surface area contributed by atoms with E-state index in [1.165, 1.54) is 51.4 Å². The first-order valence-electron chi connectivity index (χ1n) is 13.6. The molecule has 1 aromatic carbocycles. The van der Waals surface area contributed by atoms with Crippen molar-refractivity contribution < 1.29 is 0 Å². The number of H-pyrrole nitrogens is 1. The maximum Gasteiger partial charge on any atom is 0.278 e. The lowest BCUT2D eigenvalue weighted by atomic mass is 9.69. The van der Waals surface area contributed by atoms with Gasteiger partial charge in [-0.05, 0) is 81.0 Å². The molecule has 2 saturated heterocycles. The van der Waals surface area contributed by atoms with Crippen molar-refractivity contribution in [2.45, 2.75) is 88.4 Å². The maximum atomic E-state index is 13.9. The standard InChI is InChI=1S/C29H34N4O2/c34-28-24(7-4-12-30-28)27-29(35)33(26-9-2-1-8-25(26)31-27)23-16-20-10-11-21(17-23)32(20)22-14-18-5-3-6-19(13-18)15-22/h1-2,4,7-9,12,18-23H,3,5-6,10-11,13-17H2,(H,30,34)/t18-,19+,20-,21+,22-,23-. The molecule has 3 aromatic rings. The van der Waals surface area contributed by atoms with Crippen LogP contribution >= 0.6 is 0 Å². The van der Waals surface area contributed by atoms with Crippen molar-refractivity contribution in [2.75, 3.05) is 0 Å². The summed E-state index contributed by atoms with van der Waals surface area (Å²) in [4.78, 5) is 36.8. The summed E-state index contributed by atoms with van der Waals surface area (Å²) in [6.07, 6.45) is 14.6. The van der Waals surface area contributed by atoms with E-state index in [0.717, 1.165) is 41.8 Å². The molecule has 6 heteroatoms. The first kappa shape index (κ1) is 21.5. The number of hydrogen-bond donors (Lipinski definition) is 1. The molecule has 4 heterocycles. The highest BCUT2D eigenvalue weighted by molar-refractivity contribution is 5.77. The van der Waals surface area contributed by atoms with Crippen molar-refractivity contribution in [2.24, 2.45) is 11.8 Å². The molecule has 2 aliphatic carbocycles. The van der Waals surface area contributed by atoms with Gasteiger partial charge < -0.3 is 9.55 Å². The molecule has 0 radical (unpaired) electrons. The molecule has 0 unspecified atom stereocenters. The minimum atomic E-state index is -0.267. The lowest BCUT2D eigenvalue weighted by Crippen LogP contribution is -2.52. The Morgan fingerprint density at radius 2 is 1.51 bits per heavy atom. The minimum Gasteiger partial charge on any atom is -0.329 e. The molecule has 0 amide bonds. The highest BCUT2D eigenvalue weighted by Gasteiger charge is 2.47. The Bertz CT molecular complexity index is 1350. The van der Waals surface area contributed by atoms with E-state index < -0.39 is 0 Å². The molecule has 4 aliphatic rings. The Hall–Kier alpha value is -2.73. The van der Waals surface area contributed by atoms with Gasteiger partial charge in [0.25, 0.3) is 11.1 Å². The van der Waals surface area contributed by atoms with Gasteiger partial charge in [0.15, 0.2) is 0 Å². The third-order valence-corrected chi connectivity index (χ3v) is 9.52. The zero-order chi connectivity index (χ0) is 23.5. The molecule has 6 atom stereocenters. The number of rotatable bonds is 3. The fourth-order valence-electron chi connectivity index (χ4n) is 8.23. The summed E-state index contributed by atoms with van der Waals surface area (Å²) in [7, 11) is 0. The van der Waals surface area contributed by atoms with Crippen LogP contribution in [0.15, 0.2) is 52.2 Å². The monoisotopic (exact) mass is 470 g/mol. The predicted octanol–water partition coefficient (Wildman–Crippen LogP) is 4.89. The number of aromatic amines is 1. The molecule has 0 spiro atoms. The van der Waals surface area contributed by atoms with Gasteiger partial charge in [-0.1, -0.05) is 31.4 Å².